The Kier molecular flexibility index (Phi) is 7.69. The van der Waals surface area contributed by atoms with E-state index in [0.717, 1.165) is 35.1 Å². The molecule has 1 atom stereocenters. The quantitative estimate of drug-likeness (QED) is 0.262. The number of aryl methyl sites for hydroxylation is 2. The second-order valence-electron chi connectivity index (χ2n) is 7.02. The van der Waals surface area contributed by atoms with Crippen molar-refractivity contribution in [3.8, 4) is 5.75 Å². The standard InChI is InChI=1S/C22H27F2O3PS/c1-6-21(7-2,16-8-10-18(14(3)12-16)20(25)26-5)17-9-11-19(15(4)13-17)27-29-22(23,24)28/h8-13H,6-7,28H2,1-5H3. The largest absolute Gasteiger partial charge is 0.465 e. The molecule has 0 saturated carbocycles. The molecule has 0 aliphatic rings. The Morgan fingerprint density at radius 2 is 1.59 bits per heavy atom. The Morgan fingerprint density at radius 3 is 2.03 bits per heavy atom. The number of alkyl halides is 2. The molecule has 0 saturated heterocycles. The van der Waals surface area contributed by atoms with Gasteiger partial charge in [0.15, 0.2) is 0 Å². The van der Waals surface area contributed by atoms with Gasteiger partial charge in [-0.2, -0.15) is 8.78 Å². The van der Waals surface area contributed by atoms with Gasteiger partial charge in [0.2, 0.25) is 0 Å². The van der Waals surface area contributed by atoms with E-state index in [9.17, 15) is 13.6 Å². The van der Waals surface area contributed by atoms with Crippen molar-refractivity contribution in [2.75, 3.05) is 7.11 Å². The number of halogens is 2. The molecule has 0 aromatic heterocycles. The van der Waals surface area contributed by atoms with Gasteiger partial charge in [-0.15, -0.1) is 0 Å². The average Bonchev–Trinajstić information content (AvgIpc) is 2.67. The highest BCUT2D eigenvalue weighted by atomic mass is 32.2. The van der Waals surface area contributed by atoms with Crippen LogP contribution in [0.5, 0.6) is 5.75 Å². The van der Waals surface area contributed by atoms with Crippen LogP contribution in [0, 0.1) is 13.8 Å². The molecule has 29 heavy (non-hydrogen) atoms. The molecule has 7 heteroatoms. The summed E-state index contributed by atoms with van der Waals surface area (Å²) in [5.41, 5.74) is 4.12. The van der Waals surface area contributed by atoms with Crippen LogP contribution in [0.4, 0.5) is 8.78 Å². The summed E-state index contributed by atoms with van der Waals surface area (Å²) in [5, 5.41) is 0. The molecular formula is C22H27F2O3PS. The third kappa shape index (κ3) is 5.29. The normalized spacial score (nSPS) is 12.0. The van der Waals surface area contributed by atoms with Gasteiger partial charge in [0.25, 0.3) is 0 Å². The monoisotopic (exact) mass is 440 g/mol. The molecule has 0 N–H and O–H groups in total. The highest BCUT2D eigenvalue weighted by Gasteiger charge is 2.32. The molecule has 2 rings (SSSR count). The van der Waals surface area contributed by atoms with E-state index in [-0.39, 0.29) is 23.4 Å². The zero-order valence-electron chi connectivity index (χ0n) is 17.3. The molecule has 3 nitrogen and oxygen atoms in total. The molecule has 0 radical (unpaired) electrons. The molecule has 0 fully saturated rings. The van der Waals surface area contributed by atoms with Crippen molar-refractivity contribution in [3.05, 3.63) is 64.2 Å². The number of rotatable bonds is 8. The maximum Gasteiger partial charge on any atom is 0.338 e. The van der Waals surface area contributed by atoms with Gasteiger partial charge in [0.1, 0.15) is 17.8 Å². The summed E-state index contributed by atoms with van der Waals surface area (Å²) in [4.78, 5) is 8.88. The summed E-state index contributed by atoms with van der Waals surface area (Å²) in [6, 6.07) is 11.5. The predicted molar refractivity (Wildman–Crippen MR) is 118 cm³/mol. The van der Waals surface area contributed by atoms with Gasteiger partial charge in [0, 0.05) is 5.41 Å². The lowest BCUT2D eigenvalue weighted by Gasteiger charge is -2.34. The smallest absolute Gasteiger partial charge is 0.338 e. The number of benzene rings is 2. The van der Waals surface area contributed by atoms with E-state index in [0.29, 0.717) is 11.3 Å². The molecule has 0 heterocycles. The van der Waals surface area contributed by atoms with Crippen LogP contribution in [0.3, 0.4) is 0 Å². The van der Waals surface area contributed by atoms with Gasteiger partial charge < -0.3 is 8.92 Å². The van der Waals surface area contributed by atoms with E-state index in [1.165, 1.54) is 16.3 Å². The van der Waals surface area contributed by atoms with Crippen LogP contribution >= 0.6 is 21.3 Å². The third-order valence-corrected chi connectivity index (χ3v) is 6.14. The van der Waals surface area contributed by atoms with Crippen LogP contribution < -0.4 is 4.18 Å². The first-order valence-electron chi connectivity index (χ1n) is 9.41. The van der Waals surface area contributed by atoms with Crippen LogP contribution in [-0.4, -0.2) is 18.1 Å². The van der Waals surface area contributed by atoms with Crippen LogP contribution in [-0.2, 0) is 10.2 Å². The van der Waals surface area contributed by atoms with E-state index in [2.05, 4.69) is 13.8 Å². The Morgan fingerprint density at radius 1 is 1.03 bits per heavy atom. The van der Waals surface area contributed by atoms with Crippen molar-refractivity contribution in [1.82, 2.24) is 0 Å². The molecule has 0 aliphatic heterocycles. The van der Waals surface area contributed by atoms with Gasteiger partial charge in [-0.25, -0.2) is 4.79 Å². The van der Waals surface area contributed by atoms with Crippen molar-refractivity contribution >= 4 is 27.3 Å². The maximum absolute atomic E-state index is 13.1. The summed E-state index contributed by atoms with van der Waals surface area (Å²) >= 11 is 0.116. The van der Waals surface area contributed by atoms with E-state index >= 15 is 0 Å². The second kappa shape index (κ2) is 9.44. The Hall–Kier alpha value is -1.65. The molecule has 0 bridgehead atoms. The first-order valence-corrected chi connectivity index (χ1v) is 10.7. The minimum absolute atomic E-state index is 0.116. The molecule has 1 unspecified atom stereocenters. The fraction of sp³-hybridized carbons (Fsp3) is 0.409. The van der Waals surface area contributed by atoms with E-state index < -0.39 is 5.00 Å². The number of methoxy groups -OCH3 is 1. The van der Waals surface area contributed by atoms with Crippen molar-refractivity contribution < 1.29 is 22.5 Å². The second-order valence-corrected chi connectivity index (χ2v) is 9.04. The Labute approximate surface area is 178 Å². The highest BCUT2D eigenvalue weighted by molar-refractivity contribution is 7.99. The number of carbonyl (C=O) groups excluding carboxylic acids is 1. The average molecular weight is 440 g/mol. The lowest BCUT2D eigenvalue weighted by atomic mass is 9.70. The molecule has 158 valence electrons. The Bertz CT molecular complexity index is 877. The lowest BCUT2D eigenvalue weighted by Crippen LogP contribution is -2.26. The molecular weight excluding hydrogens is 413 g/mol. The Balaban J connectivity index is 2.46. The van der Waals surface area contributed by atoms with Crippen LogP contribution in [0.25, 0.3) is 0 Å². The van der Waals surface area contributed by atoms with E-state index in [1.807, 2.05) is 38.1 Å². The van der Waals surface area contributed by atoms with E-state index in [4.69, 9.17) is 8.92 Å². The maximum atomic E-state index is 13.1. The topological polar surface area (TPSA) is 35.5 Å². The molecule has 0 aliphatic carbocycles. The lowest BCUT2D eigenvalue weighted by molar-refractivity contribution is 0.0600. The van der Waals surface area contributed by atoms with Crippen LogP contribution in [0.1, 0.15) is 59.3 Å². The summed E-state index contributed by atoms with van der Waals surface area (Å²) in [5.74, 6) is 0.0626. The summed E-state index contributed by atoms with van der Waals surface area (Å²) in [7, 11) is 2.82. The molecule has 2 aromatic rings. The SMILES string of the molecule is CCC(CC)(c1ccc(OSC(F)(F)P)c(C)c1)c1ccc(C(=O)OC)c(C)c1. The van der Waals surface area contributed by atoms with Crippen molar-refractivity contribution in [2.45, 2.75) is 50.9 Å². The molecule has 0 amide bonds. The summed E-state index contributed by atoms with van der Waals surface area (Å²) in [6.45, 7) is 7.99. The number of carbonyl (C=O) groups is 1. The first-order chi connectivity index (χ1) is 13.6. The van der Waals surface area contributed by atoms with Crippen LogP contribution in [0.2, 0.25) is 0 Å². The highest BCUT2D eigenvalue weighted by Crippen LogP contribution is 2.42. The molecule has 0 spiro atoms. The fourth-order valence-electron chi connectivity index (χ4n) is 3.67. The number of hydrogen-bond donors (Lipinski definition) is 0. The number of ether oxygens (including phenoxy) is 1. The zero-order valence-corrected chi connectivity index (χ0v) is 19.3. The van der Waals surface area contributed by atoms with Gasteiger partial charge in [-0.1, -0.05) is 38.1 Å². The number of hydrogen-bond acceptors (Lipinski definition) is 4. The van der Waals surface area contributed by atoms with Crippen molar-refractivity contribution in [1.29, 1.82) is 0 Å². The van der Waals surface area contributed by atoms with Crippen molar-refractivity contribution in [3.63, 3.8) is 0 Å². The fourth-order valence-corrected chi connectivity index (χ4v) is 4.21. The van der Waals surface area contributed by atoms with Gasteiger partial charge in [-0.05, 0) is 70.3 Å². The minimum Gasteiger partial charge on any atom is -0.465 e. The van der Waals surface area contributed by atoms with Gasteiger partial charge >= 0.3 is 11.0 Å². The van der Waals surface area contributed by atoms with Gasteiger partial charge in [-0.3, -0.25) is 0 Å². The molecule has 2 aromatic carbocycles. The minimum atomic E-state index is -3.04. The number of esters is 1. The zero-order chi connectivity index (χ0) is 21.8. The first kappa shape index (κ1) is 23.6. The predicted octanol–water partition coefficient (Wildman–Crippen LogP) is 6.65. The third-order valence-electron chi connectivity index (χ3n) is 5.36. The summed E-state index contributed by atoms with van der Waals surface area (Å²) in [6.07, 6.45) is 1.69. The van der Waals surface area contributed by atoms with Crippen molar-refractivity contribution in [2.24, 2.45) is 0 Å². The van der Waals surface area contributed by atoms with E-state index in [1.54, 1.807) is 12.1 Å². The van der Waals surface area contributed by atoms with Gasteiger partial charge in [0.05, 0.1) is 12.7 Å². The summed E-state index contributed by atoms with van der Waals surface area (Å²) < 4.78 is 36.2. The van der Waals surface area contributed by atoms with Crippen LogP contribution in [0.15, 0.2) is 36.4 Å².